The Morgan fingerprint density at radius 2 is 2.05 bits per heavy atom. The third kappa shape index (κ3) is 3.71. The summed E-state index contributed by atoms with van der Waals surface area (Å²) in [6.45, 7) is 3.03. The molecule has 2 rings (SSSR count). The Labute approximate surface area is 118 Å². The summed E-state index contributed by atoms with van der Waals surface area (Å²) in [7, 11) is 1.66. The van der Waals surface area contributed by atoms with Gasteiger partial charge in [-0.25, -0.2) is 0 Å². The van der Waals surface area contributed by atoms with Gasteiger partial charge in [-0.2, -0.15) is 0 Å². The second-order valence-corrected chi connectivity index (χ2v) is 4.56. The molecule has 20 heavy (non-hydrogen) atoms. The van der Waals surface area contributed by atoms with Crippen molar-refractivity contribution in [3.63, 3.8) is 0 Å². The van der Waals surface area contributed by atoms with E-state index in [2.05, 4.69) is 5.32 Å². The van der Waals surface area contributed by atoms with Gasteiger partial charge in [-0.05, 0) is 23.3 Å². The average molecular weight is 273 g/mol. The van der Waals surface area contributed by atoms with Crippen LogP contribution in [0.5, 0.6) is 0 Å². The smallest absolute Gasteiger partial charge is 0.287 e. The van der Waals surface area contributed by atoms with Gasteiger partial charge in [0.1, 0.15) is 5.76 Å². The van der Waals surface area contributed by atoms with E-state index in [4.69, 9.17) is 9.15 Å². The first-order valence-corrected chi connectivity index (χ1v) is 6.66. The van der Waals surface area contributed by atoms with Crippen molar-refractivity contribution in [3.8, 4) is 0 Å². The molecular formula is C16H19NO3. The molecule has 4 nitrogen and oxygen atoms in total. The molecule has 0 aliphatic rings. The van der Waals surface area contributed by atoms with Crippen LogP contribution in [0.2, 0.25) is 0 Å². The summed E-state index contributed by atoms with van der Waals surface area (Å²) in [6, 6.07) is 11.5. The molecule has 2 aromatic rings. The number of benzene rings is 1. The van der Waals surface area contributed by atoms with Crippen molar-refractivity contribution in [1.82, 2.24) is 5.32 Å². The molecule has 1 heterocycles. The second-order valence-electron chi connectivity index (χ2n) is 4.56. The molecule has 0 saturated heterocycles. The molecule has 1 aromatic carbocycles. The van der Waals surface area contributed by atoms with Gasteiger partial charge in [-0.3, -0.25) is 4.79 Å². The fourth-order valence-corrected chi connectivity index (χ4v) is 1.96. The number of methoxy groups -OCH3 is 1. The van der Waals surface area contributed by atoms with Gasteiger partial charge in [-0.15, -0.1) is 0 Å². The van der Waals surface area contributed by atoms with Gasteiger partial charge in [0, 0.05) is 20.1 Å². The summed E-state index contributed by atoms with van der Waals surface area (Å²) in [4.78, 5) is 11.9. The van der Waals surface area contributed by atoms with Crippen LogP contribution < -0.4 is 5.32 Å². The lowest BCUT2D eigenvalue weighted by Crippen LogP contribution is -2.22. The third-order valence-electron chi connectivity index (χ3n) is 2.99. The molecule has 1 amide bonds. The van der Waals surface area contributed by atoms with Crippen molar-refractivity contribution >= 4 is 5.91 Å². The normalized spacial score (nSPS) is 10.5. The molecule has 0 saturated carbocycles. The minimum Gasteiger partial charge on any atom is -0.456 e. The van der Waals surface area contributed by atoms with E-state index in [0.717, 1.165) is 23.3 Å². The summed E-state index contributed by atoms with van der Waals surface area (Å²) in [5.74, 6) is 0.981. The van der Waals surface area contributed by atoms with Crippen molar-refractivity contribution < 1.29 is 13.9 Å². The number of hydrogen-bond donors (Lipinski definition) is 1. The standard InChI is InChI=1S/C16H19NO3/c1-3-14-7-8-15(20-14)16(18)17-10-12-5-4-6-13(9-12)11-19-2/h4-9H,3,10-11H2,1-2H3,(H,17,18). The van der Waals surface area contributed by atoms with E-state index in [1.807, 2.05) is 37.3 Å². The molecule has 0 atom stereocenters. The van der Waals surface area contributed by atoms with E-state index < -0.39 is 0 Å². The minimum absolute atomic E-state index is 0.193. The molecular weight excluding hydrogens is 254 g/mol. The van der Waals surface area contributed by atoms with E-state index in [0.29, 0.717) is 18.9 Å². The van der Waals surface area contributed by atoms with Crippen LogP contribution in [0, 0.1) is 0 Å². The highest BCUT2D eigenvalue weighted by Gasteiger charge is 2.10. The maximum Gasteiger partial charge on any atom is 0.287 e. The van der Waals surface area contributed by atoms with Crippen LogP contribution in [-0.4, -0.2) is 13.0 Å². The van der Waals surface area contributed by atoms with Gasteiger partial charge >= 0.3 is 0 Å². The first-order valence-electron chi connectivity index (χ1n) is 6.66. The summed E-state index contributed by atoms with van der Waals surface area (Å²) in [5.41, 5.74) is 2.13. The summed E-state index contributed by atoms with van der Waals surface area (Å²) >= 11 is 0. The number of amides is 1. The van der Waals surface area contributed by atoms with Crippen LogP contribution in [0.15, 0.2) is 40.8 Å². The lowest BCUT2D eigenvalue weighted by Gasteiger charge is -2.06. The molecule has 0 unspecified atom stereocenters. The fourth-order valence-electron chi connectivity index (χ4n) is 1.96. The van der Waals surface area contributed by atoms with Crippen LogP contribution in [-0.2, 0) is 24.3 Å². The van der Waals surface area contributed by atoms with Crippen LogP contribution in [0.4, 0.5) is 0 Å². The Morgan fingerprint density at radius 3 is 2.75 bits per heavy atom. The van der Waals surface area contributed by atoms with Gasteiger partial charge in [0.2, 0.25) is 0 Å². The summed E-state index contributed by atoms with van der Waals surface area (Å²) in [6.07, 6.45) is 0.784. The molecule has 0 spiro atoms. The minimum atomic E-state index is -0.193. The number of hydrogen-bond acceptors (Lipinski definition) is 3. The van der Waals surface area contributed by atoms with Gasteiger partial charge < -0.3 is 14.5 Å². The Kier molecular flexibility index (Phi) is 4.96. The first kappa shape index (κ1) is 14.3. The van der Waals surface area contributed by atoms with Crippen molar-refractivity contribution in [2.75, 3.05) is 7.11 Å². The zero-order chi connectivity index (χ0) is 14.4. The lowest BCUT2D eigenvalue weighted by molar-refractivity contribution is 0.0921. The molecule has 1 aromatic heterocycles. The van der Waals surface area contributed by atoms with Gasteiger partial charge in [0.15, 0.2) is 5.76 Å². The molecule has 0 fully saturated rings. The Balaban J connectivity index is 1.94. The number of rotatable bonds is 6. The fraction of sp³-hybridized carbons (Fsp3) is 0.312. The summed E-state index contributed by atoms with van der Waals surface area (Å²) < 4.78 is 10.5. The van der Waals surface area contributed by atoms with E-state index >= 15 is 0 Å². The molecule has 0 radical (unpaired) electrons. The first-order chi connectivity index (χ1) is 9.72. The summed E-state index contributed by atoms with van der Waals surface area (Å²) in [5, 5.41) is 2.85. The molecule has 1 N–H and O–H groups in total. The number of aryl methyl sites for hydroxylation is 1. The van der Waals surface area contributed by atoms with Gasteiger partial charge in [0.05, 0.1) is 6.61 Å². The third-order valence-corrected chi connectivity index (χ3v) is 2.99. The zero-order valence-electron chi connectivity index (χ0n) is 11.8. The van der Waals surface area contributed by atoms with Gasteiger partial charge in [-0.1, -0.05) is 31.2 Å². The molecule has 0 aliphatic heterocycles. The van der Waals surface area contributed by atoms with Crippen molar-refractivity contribution in [2.24, 2.45) is 0 Å². The largest absolute Gasteiger partial charge is 0.456 e. The molecule has 0 bridgehead atoms. The Hall–Kier alpha value is -2.07. The number of ether oxygens (including phenoxy) is 1. The monoisotopic (exact) mass is 273 g/mol. The number of nitrogens with one attached hydrogen (secondary N) is 1. The predicted octanol–water partition coefficient (Wildman–Crippen LogP) is 2.92. The van der Waals surface area contributed by atoms with E-state index in [1.54, 1.807) is 13.2 Å². The lowest BCUT2D eigenvalue weighted by atomic mass is 10.1. The second kappa shape index (κ2) is 6.91. The van der Waals surface area contributed by atoms with Crippen LogP contribution >= 0.6 is 0 Å². The quantitative estimate of drug-likeness (QED) is 0.880. The number of carbonyl (C=O) groups excluding carboxylic acids is 1. The van der Waals surface area contributed by atoms with Crippen LogP contribution in [0.1, 0.15) is 34.4 Å². The highest BCUT2D eigenvalue weighted by Crippen LogP contribution is 2.09. The maximum atomic E-state index is 11.9. The van der Waals surface area contributed by atoms with Gasteiger partial charge in [0.25, 0.3) is 5.91 Å². The van der Waals surface area contributed by atoms with E-state index in [1.165, 1.54) is 0 Å². The van der Waals surface area contributed by atoms with Crippen LogP contribution in [0.25, 0.3) is 0 Å². The molecule has 4 heteroatoms. The number of furan rings is 1. The highest BCUT2D eigenvalue weighted by atomic mass is 16.5. The van der Waals surface area contributed by atoms with E-state index in [9.17, 15) is 4.79 Å². The zero-order valence-corrected chi connectivity index (χ0v) is 11.8. The van der Waals surface area contributed by atoms with Crippen molar-refractivity contribution in [3.05, 3.63) is 59.0 Å². The van der Waals surface area contributed by atoms with Crippen molar-refractivity contribution in [2.45, 2.75) is 26.5 Å². The van der Waals surface area contributed by atoms with E-state index in [-0.39, 0.29) is 5.91 Å². The van der Waals surface area contributed by atoms with Crippen molar-refractivity contribution in [1.29, 1.82) is 0 Å². The predicted molar refractivity (Wildman–Crippen MR) is 76.4 cm³/mol. The highest BCUT2D eigenvalue weighted by molar-refractivity contribution is 5.91. The average Bonchev–Trinajstić information content (AvgIpc) is 2.94. The molecule has 0 aliphatic carbocycles. The Bertz CT molecular complexity index is 575. The number of carbonyl (C=O) groups is 1. The topological polar surface area (TPSA) is 51.5 Å². The maximum absolute atomic E-state index is 11.9. The molecule has 106 valence electrons. The van der Waals surface area contributed by atoms with Crippen LogP contribution in [0.3, 0.4) is 0 Å². The Morgan fingerprint density at radius 1 is 1.25 bits per heavy atom. The SMILES string of the molecule is CCc1ccc(C(=O)NCc2cccc(COC)c2)o1.